The monoisotopic (exact) mass is 419 g/mol. The first-order valence-corrected chi connectivity index (χ1v) is 11.1. The van der Waals surface area contributed by atoms with Crippen LogP contribution in [0.5, 0.6) is 0 Å². The van der Waals surface area contributed by atoms with Crippen LogP contribution in [0.25, 0.3) is 0 Å². The van der Waals surface area contributed by atoms with Crippen molar-refractivity contribution in [1.29, 1.82) is 0 Å². The van der Waals surface area contributed by atoms with Crippen molar-refractivity contribution >= 4 is 22.3 Å². The number of halogens is 2. The summed E-state index contributed by atoms with van der Waals surface area (Å²) in [5, 5.41) is 6.73. The number of hydrogen-bond donors (Lipinski definition) is 1. The first-order valence-electron chi connectivity index (χ1n) is 9.99. The molecule has 9 heteroatoms. The molecule has 0 radical (unpaired) electrons. The fourth-order valence-corrected chi connectivity index (χ4v) is 5.68. The van der Waals surface area contributed by atoms with Gasteiger partial charge in [-0.1, -0.05) is 11.0 Å². The lowest BCUT2D eigenvalue weighted by Crippen LogP contribution is -2.26. The number of carbonyl (C=O) groups excluding carboxylic acids is 1. The summed E-state index contributed by atoms with van der Waals surface area (Å²) >= 11 is 0. The fourth-order valence-electron chi connectivity index (χ4n) is 4.83. The normalized spacial score (nSPS) is 20.2. The van der Waals surface area contributed by atoms with Gasteiger partial charge in [0.05, 0.1) is 5.69 Å². The van der Waals surface area contributed by atoms with Crippen molar-refractivity contribution < 1.29 is 17.8 Å². The van der Waals surface area contributed by atoms with Gasteiger partial charge in [0.2, 0.25) is 0 Å². The highest BCUT2D eigenvalue weighted by atomic mass is 32.2. The molecule has 1 aromatic carbocycles. The van der Waals surface area contributed by atoms with Gasteiger partial charge >= 0.3 is 6.03 Å². The summed E-state index contributed by atoms with van der Waals surface area (Å²) in [6, 6.07) is 1.48. The Bertz CT molecular complexity index is 1070. The number of nitrogens with one attached hydrogen (secondary N) is 1. The van der Waals surface area contributed by atoms with Crippen LogP contribution in [-0.2, 0) is 53.0 Å². The molecule has 0 spiro atoms. The van der Waals surface area contributed by atoms with Gasteiger partial charge < -0.3 is 13.9 Å². The molecule has 1 N–H and O–H groups in total. The predicted molar refractivity (Wildman–Crippen MR) is 104 cm³/mol. The number of aromatic nitrogens is 2. The molecule has 0 fully saturated rings. The number of anilines is 1. The number of nitrogens with zero attached hydrogens (tertiary/aromatic N) is 3. The highest BCUT2D eigenvalue weighted by Gasteiger charge is 2.39. The van der Waals surface area contributed by atoms with Gasteiger partial charge in [-0.25, -0.2) is 4.79 Å². The van der Waals surface area contributed by atoms with Crippen molar-refractivity contribution in [3.8, 4) is 0 Å². The van der Waals surface area contributed by atoms with Gasteiger partial charge in [0.1, 0.15) is 0 Å². The maximum absolute atomic E-state index is 14.3. The summed E-state index contributed by atoms with van der Waals surface area (Å²) in [4.78, 5) is 12.4. The molecule has 2 heterocycles. The second-order valence-electron chi connectivity index (χ2n) is 7.89. The van der Waals surface area contributed by atoms with Crippen LogP contribution in [0, 0.1) is 0 Å². The standard InChI is InChI=1S/C20H21F2N4O2S/c21-20(22)8-3-9-26-18(20)16(11-23-26)29(28)25-19(27)24-17-14-6-1-4-12(14)10-13-5-2-7-15(13)17/h10-11H,1-9H2,(H,24,27)/q-1. The summed E-state index contributed by atoms with van der Waals surface area (Å²) in [6.45, 7) is 0.344. The van der Waals surface area contributed by atoms with Crippen molar-refractivity contribution in [3.05, 3.63) is 40.2 Å². The van der Waals surface area contributed by atoms with Gasteiger partial charge in [0.25, 0.3) is 5.92 Å². The summed E-state index contributed by atoms with van der Waals surface area (Å²) in [7, 11) is -2.24. The van der Waals surface area contributed by atoms with Crippen molar-refractivity contribution in [2.45, 2.75) is 68.7 Å². The van der Waals surface area contributed by atoms with E-state index in [0.29, 0.717) is 13.0 Å². The zero-order valence-electron chi connectivity index (χ0n) is 15.8. The van der Waals surface area contributed by atoms with Gasteiger partial charge in [-0.05, 0) is 67.2 Å². The summed E-state index contributed by atoms with van der Waals surface area (Å²) < 4.78 is 46.1. The highest BCUT2D eigenvalue weighted by Crippen LogP contribution is 2.40. The number of alkyl halides is 2. The summed E-state index contributed by atoms with van der Waals surface area (Å²) in [6.07, 6.45) is 6.98. The van der Waals surface area contributed by atoms with Crippen LogP contribution in [0.15, 0.2) is 21.5 Å². The largest absolute Gasteiger partial charge is 0.439 e. The number of benzene rings is 1. The zero-order chi connectivity index (χ0) is 20.2. The molecule has 5 rings (SSSR count). The lowest BCUT2D eigenvalue weighted by atomic mass is 9.99. The quantitative estimate of drug-likeness (QED) is 0.729. The van der Waals surface area contributed by atoms with Gasteiger partial charge in [-0.15, -0.1) is 10.6 Å². The number of aryl methyl sites for hydroxylation is 3. The lowest BCUT2D eigenvalue weighted by Gasteiger charge is -2.25. The Hall–Kier alpha value is -2.29. The molecule has 154 valence electrons. The summed E-state index contributed by atoms with van der Waals surface area (Å²) in [5.41, 5.74) is 5.18. The molecule has 0 saturated heterocycles. The number of carbonyl (C=O) groups is 1. The highest BCUT2D eigenvalue weighted by molar-refractivity contribution is 7.75. The Morgan fingerprint density at radius 1 is 1.14 bits per heavy atom. The third kappa shape index (κ3) is 3.15. The number of fused-ring (bicyclic) bond motifs is 3. The molecule has 0 bridgehead atoms. The Balaban J connectivity index is 1.46. The maximum Gasteiger partial charge on any atom is 0.322 e. The molecule has 1 aromatic heterocycles. The molecule has 2 aromatic rings. The van der Waals surface area contributed by atoms with Crippen molar-refractivity contribution in [3.63, 3.8) is 0 Å². The molecule has 6 nitrogen and oxygen atoms in total. The Kier molecular flexibility index (Phi) is 4.45. The topological polar surface area (TPSA) is 76.3 Å². The average molecular weight is 419 g/mol. The third-order valence-corrected chi connectivity index (χ3v) is 7.08. The Morgan fingerprint density at radius 3 is 2.52 bits per heavy atom. The van der Waals surface area contributed by atoms with Crippen LogP contribution in [0.1, 0.15) is 53.6 Å². The minimum Gasteiger partial charge on any atom is -0.439 e. The van der Waals surface area contributed by atoms with E-state index in [4.69, 9.17) is 0 Å². The van der Waals surface area contributed by atoms with Gasteiger partial charge in [0, 0.05) is 24.8 Å². The van der Waals surface area contributed by atoms with E-state index in [1.807, 2.05) is 0 Å². The molecule has 29 heavy (non-hydrogen) atoms. The van der Waals surface area contributed by atoms with Gasteiger partial charge in [-0.2, -0.15) is 13.9 Å². The molecule has 0 unspecified atom stereocenters. The van der Waals surface area contributed by atoms with E-state index in [2.05, 4.69) is 20.8 Å². The number of amides is 2. The van der Waals surface area contributed by atoms with Crippen LogP contribution < -0.4 is 5.32 Å². The van der Waals surface area contributed by atoms with Crippen LogP contribution >= 0.6 is 0 Å². The number of rotatable bonds is 2. The second-order valence-corrected chi connectivity index (χ2v) is 9.01. The van der Waals surface area contributed by atoms with E-state index in [9.17, 15) is 17.8 Å². The van der Waals surface area contributed by atoms with E-state index >= 15 is 0 Å². The molecule has 0 atom stereocenters. The van der Waals surface area contributed by atoms with Gasteiger partial charge in [-0.3, -0.25) is 4.68 Å². The zero-order valence-corrected chi connectivity index (χ0v) is 16.7. The maximum atomic E-state index is 14.3. The molecule has 3 aliphatic rings. The average Bonchev–Trinajstić information content (AvgIpc) is 3.40. The van der Waals surface area contributed by atoms with E-state index < -0.39 is 22.5 Å². The van der Waals surface area contributed by atoms with Crippen LogP contribution in [0.3, 0.4) is 0 Å². The van der Waals surface area contributed by atoms with E-state index in [1.165, 1.54) is 15.8 Å². The van der Waals surface area contributed by atoms with Gasteiger partial charge in [0.15, 0.2) is 0 Å². The Labute approximate surface area is 168 Å². The number of hydrogen-bond acceptors (Lipinski definition) is 4. The van der Waals surface area contributed by atoms with Crippen molar-refractivity contribution in [1.82, 2.24) is 9.78 Å². The first kappa shape index (κ1) is 18.7. The second kappa shape index (κ2) is 6.90. The fraction of sp³-hybridized carbons (Fsp3) is 0.500. The molecular formula is C20H21F2N4O2S-. The third-order valence-electron chi connectivity index (χ3n) is 6.07. The molecular weight excluding hydrogens is 398 g/mol. The van der Waals surface area contributed by atoms with Crippen LogP contribution in [0.2, 0.25) is 0 Å². The molecule has 1 aliphatic heterocycles. The smallest absolute Gasteiger partial charge is 0.322 e. The van der Waals surface area contributed by atoms with E-state index in [-0.39, 0.29) is 17.0 Å². The van der Waals surface area contributed by atoms with E-state index in [1.54, 1.807) is 0 Å². The molecule has 2 amide bonds. The number of urea groups is 1. The minimum absolute atomic E-state index is 0.187. The summed E-state index contributed by atoms with van der Waals surface area (Å²) in [5.74, 6) is -3.12. The van der Waals surface area contributed by atoms with Crippen LogP contribution in [-0.4, -0.2) is 15.8 Å². The lowest BCUT2D eigenvalue weighted by molar-refractivity contribution is -0.0392. The molecule has 2 aliphatic carbocycles. The predicted octanol–water partition coefficient (Wildman–Crippen LogP) is 4.48. The SMILES string of the molecule is O=C(N=[S-](=O)c1cnn2c1C(F)(F)CCC2)Nc1c2c(cc3c1CCC3)CCC2. The van der Waals surface area contributed by atoms with Crippen molar-refractivity contribution in [2.24, 2.45) is 4.36 Å². The first-order chi connectivity index (χ1) is 13.9. The van der Waals surface area contributed by atoms with E-state index in [0.717, 1.165) is 61.5 Å². The van der Waals surface area contributed by atoms with Crippen molar-refractivity contribution in [2.75, 3.05) is 5.32 Å². The Morgan fingerprint density at radius 2 is 1.83 bits per heavy atom. The molecule has 0 saturated carbocycles. The minimum atomic E-state index is -3.12. The van der Waals surface area contributed by atoms with Crippen LogP contribution in [0.4, 0.5) is 19.3 Å².